The Morgan fingerprint density at radius 2 is 1.81 bits per heavy atom. The van der Waals surface area contributed by atoms with Gasteiger partial charge >= 0.3 is 0 Å². The molecule has 4 nitrogen and oxygen atoms in total. The fraction of sp³-hybridized carbons (Fsp3) is 0. The number of aromatic amines is 1. The van der Waals surface area contributed by atoms with Gasteiger partial charge in [-0.1, -0.05) is 0 Å². The Morgan fingerprint density at radius 1 is 1.19 bits per heavy atom. The Balaban J connectivity index is 0.00000128. The minimum atomic E-state index is -3.65. The summed E-state index contributed by atoms with van der Waals surface area (Å²) in [7, 11) is 1.54. The minimum Gasteiger partial charge on any atom is -0.345 e. The molecule has 0 unspecified atom stereocenters. The molecular weight excluding hydrogens is 271 g/mol. The summed E-state index contributed by atoms with van der Waals surface area (Å²) in [5, 5.41) is 0. The van der Waals surface area contributed by atoms with Crippen LogP contribution < -0.4 is 0 Å². The van der Waals surface area contributed by atoms with Gasteiger partial charge in [0, 0.05) is 28.6 Å². The molecule has 2 rings (SSSR count). The molecule has 86 valence electrons. The van der Waals surface area contributed by atoms with Gasteiger partial charge in [0.1, 0.15) is 5.82 Å². The molecule has 1 heterocycles. The summed E-state index contributed by atoms with van der Waals surface area (Å²) in [6, 6.07) is 6.18. The highest BCUT2D eigenvalue weighted by Crippen LogP contribution is 2.19. The first-order valence-corrected chi connectivity index (χ1v) is 6.43. The van der Waals surface area contributed by atoms with Crippen molar-refractivity contribution in [1.29, 1.82) is 0 Å². The van der Waals surface area contributed by atoms with Crippen molar-refractivity contribution < 1.29 is 8.42 Å². The monoisotopic (exact) mass is 278 g/mol. The van der Waals surface area contributed by atoms with E-state index < -0.39 is 9.05 Å². The number of nitrogens with one attached hydrogen (secondary N) is 1. The lowest BCUT2D eigenvalue weighted by Gasteiger charge is -1.98. The molecule has 0 atom stereocenters. The maximum Gasteiger partial charge on any atom is 0.261 e. The number of halogens is 2. The first-order valence-electron chi connectivity index (χ1n) is 4.12. The molecule has 2 aromatic rings. The van der Waals surface area contributed by atoms with Crippen LogP contribution in [0.25, 0.3) is 11.4 Å². The maximum atomic E-state index is 11.0. The van der Waals surface area contributed by atoms with Crippen molar-refractivity contribution in [3.05, 3.63) is 36.7 Å². The van der Waals surface area contributed by atoms with Crippen LogP contribution in [0.3, 0.4) is 0 Å². The fourth-order valence-electron chi connectivity index (χ4n) is 1.20. The zero-order chi connectivity index (χ0) is 10.9. The summed E-state index contributed by atoms with van der Waals surface area (Å²) in [5.74, 6) is 0.688. The molecule has 0 bridgehead atoms. The average Bonchev–Trinajstić information content (AvgIpc) is 2.69. The molecule has 0 saturated carbocycles. The van der Waals surface area contributed by atoms with E-state index in [2.05, 4.69) is 9.97 Å². The standard InChI is InChI=1S/C9H7ClN2O2S.ClH/c10-15(13,14)8-3-1-7(2-4-8)9-11-5-6-12-9;/h1-6H,(H,11,12);1H. The van der Waals surface area contributed by atoms with Crippen LogP contribution in [0.1, 0.15) is 0 Å². The van der Waals surface area contributed by atoms with E-state index >= 15 is 0 Å². The van der Waals surface area contributed by atoms with Crippen molar-refractivity contribution in [2.24, 2.45) is 0 Å². The SMILES string of the molecule is Cl.O=S(=O)(Cl)c1ccc(-c2ncc[nH]2)cc1. The Bertz CT molecular complexity index is 550. The van der Waals surface area contributed by atoms with E-state index in [0.717, 1.165) is 5.56 Å². The van der Waals surface area contributed by atoms with Gasteiger partial charge in [-0.25, -0.2) is 13.4 Å². The summed E-state index contributed by atoms with van der Waals surface area (Å²) in [6.07, 6.45) is 3.32. The lowest BCUT2D eigenvalue weighted by Crippen LogP contribution is -1.90. The number of aromatic nitrogens is 2. The highest BCUT2D eigenvalue weighted by atomic mass is 35.7. The van der Waals surface area contributed by atoms with E-state index in [1.54, 1.807) is 24.5 Å². The van der Waals surface area contributed by atoms with Crippen molar-refractivity contribution in [1.82, 2.24) is 9.97 Å². The quantitative estimate of drug-likeness (QED) is 0.859. The average molecular weight is 279 g/mol. The van der Waals surface area contributed by atoms with Gasteiger partial charge in [-0.2, -0.15) is 0 Å². The third kappa shape index (κ3) is 2.75. The molecule has 0 saturated heterocycles. The van der Waals surface area contributed by atoms with Gasteiger partial charge in [-0.3, -0.25) is 0 Å². The lowest BCUT2D eigenvalue weighted by molar-refractivity contribution is 0.609. The first kappa shape index (κ1) is 13.0. The van der Waals surface area contributed by atoms with E-state index in [1.165, 1.54) is 12.1 Å². The Hall–Kier alpha value is -1.04. The van der Waals surface area contributed by atoms with E-state index in [4.69, 9.17) is 10.7 Å². The number of nitrogens with zero attached hydrogens (tertiary/aromatic N) is 1. The minimum absolute atomic E-state index is 0. The van der Waals surface area contributed by atoms with Gasteiger partial charge in [0.2, 0.25) is 0 Å². The topological polar surface area (TPSA) is 62.8 Å². The van der Waals surface area contributed by atoms with Crippen LogP contribution >= 0.6 is 23.1 Å². The first-order chi connectivity index (χ1) is 7.07. The number of benzene rings is 1. The Morgan fingerprint density at radius 3 is 2.25 bits per heavy atom. The van der Waals surface area contributed by atoms with Crippen LogP contribution in [0.5, 0.6) is 0 Å². The molecular formula is C9H8Cl2N2O2S. The molecule has 1 N–H and O–H groups in total. The molecule has 1 aromatic carbocycles. The number of hydrogen-bond acceptors (Lipinski definition) is 3. The normalized spacial score (nSPS) is 10.8. The molecule has 16 heavy (non-hydrogen) atoms. The predicted molar refractivity (Wildman–Crippen MR) is 64.3 cm³/mol. The number of hydrogen-bond donors (Lipinski definition) is 1. The second-order valence-corrected chi connectivity index (χ2v) is 5.47. The zero-order valence-electron chi connectivity index (χ0n) is 7.92. The van der Waals surface area contributed by atoms with E-state index in [0.29, 0.717) is 5.82 Å². The van der Waals surface area contributed by atoms with Crippen molar-refractivity contribution in [2.75, 3.05) is 0 Å². The fourth-order valence-corrected chi connectivity index (χ4v) is 1.97. The second kappa shape index (κ2) is 4.86. The van der Waals surface area contributed by atoms with E-state index in [-0.39, 0.29) is 17.3 Å². The molecule has 0 fully saturated rings. The van der Waals surface area contributed by atoms with Crippen LogP contribution in [-0.2, 0) is 9.05 Å². The van der Waals surface area contributed by atoms with Crippen molar-refractivity contribution in [3.8, 4) is 11.4 Å². The molecule has 0 aliphatic heterocycles. The van der Waals surface area contributed by atoms with E-state index in [9.17, 15) is 8.42 Å². The van der Waals surface area contributed by atoms with Gasteiger partial charge in [0.15, 0.2) is 0 Å². The van der Waals surface area contributed by atoms with Gasteiger partial charge in [0.25, 0.3) is 9.05 Å². The highest BCUT2D eigenvalue weighted by molar-refractivity contribution is 8.13. The third-order valence-electron chi connectivity index (χ3n) is 1.91. The number of rotatable bonds is 2. The van der Waals surface area contributed by atoms with Crippen LogP contribution in [0.4, 0.5) is 0 Å². The van der Waals surface area contributed by atoms with Crippen LogP contribution in [0, 0.1) is 0 Å². The Labute approximate surface area is 104 Å². The number of imidazole rings is 1. The maximum absolute atomic E-state index is 11.0. The van der Waals surface area contributed by atoms with Gasteiger partial charge < -0.3 is 4.98 Å². The number of H-pyrrole nitrogens is 1. The van der Waals surface area contributed by atoms with Crippen LogP contribution in [-0.4, -0.2) is 18.4 Å². The van der Waals surface area contributed by atoms with Crippen molar-refractivity contribution in [2.45, 2.75) is 4.90 Å². The molecule has 0 aliphatic rings. The van der Waals surface area contributed by atoms with Crippen molar-refractivity contribution >= 4 is 32.1 Å². The summed E-state index contributed by atoms with van der Waals surface area (Å²) in [4.78, 5) is 7.04. The molecule has 7 heteroatoms. The second-order valence-electron chi connectivity index (χ2n) is 2.90. The third-order valence-corrected chi connectivity index (χ3v) is 3.28. The van der Waals surface area contributed by atoms with Gasteiger partial charge in [0.05, 0.1) is 4.90 Å². The summed E-state index contributed by atoms with van der Waals surface area (Å²) in [5.41, 5.74) is 0.809. The molecule has 0 radical (unpaired) electrons. The molecule has 1 aromatic heterocycles. The van der Waals surface area contributed by atoms with Crippen LogP contribution in [0.15, 0.2) is 41.6 Å². The summed E-state index contributed by atoms with van der Waals surface area (Å²) in [6.45, 7) is 0. The zero-order valence-corrected chi connectivity index (χ0v) is 10.3. The molecule has 0 amide bonds. The van der Waals surface area contributed by atoms with Gasteiger partial charge in [-0.15, -0.1) is 12.4 Å². The Kier molecular flexibility index (Phi) is 3.96. The summed E-state index contributed by atoms with van der Waals surface area (Å²) >= 11 is 0. The van der Waals surface area contributed by atoms with Crippen LogP contribution in [0.2, 0.25) is 0 Å². The molecule has 0 spiro atoms. The lowest BCUT2D eigenvalue weighted by atomic mass is 10.2. The smallest absolute Gasteiger partial charge is 0.261 e. The highest BCUT2D eigenvalue weighted by Gasteiger charge is 2.09. The summed E-state index contributed by atoms with van der Waals surface area (Å²) < 4.78 is 21.9. The predicted octanol–water partition coefficient (Wildman–Crippen LogP) is 2.43. The van der Waals surface area contributed by atoms with Crippen molar-refractivity contribution in [3.63, 3.8) is 0 Å². The van der Waals surface area contributed by atoms with Gasteiger partial charge in [-0.05, 0) is 24.3 Å². The molecule has 0 aliphatic carbocycles. The largest absolute Gasteiger partial charge is 0.345 e. The van der Waals surface area contributed by atoms with E-state index in [1.807, 2.05) is 0 Å².